The van der Waals surface area contributed by atoms with Gasteiger partial charge in [0, 0.05) is 11.7 Å². The van der Waals surface area contributed by atoms with E-state index in [9.17, 15) is 18.0 Å². The number of carbonyl (C=O) groups is 1. The highest BCUT2D eigenvalue weighted by Gasteiger charge is 2.51. The average Bonchev–Trinajstić information content (AvgIpc) is 3.20. The Labute approximate surface area is 136 Å². The highest BCUT2D eigenvalue weighted by atomic mass is 19.4. The standard InChI is InChI=1S/C17H16F3N3O/c18-17(19,20)12-3-1-2-4-14(12)23-8-6-13(22-23)15(24)21-16-7-5-11(9-16)10-16/h1-4,6,8,11H,5,7,9-10H2,(H,21,24). The Bertz CT molecular complexity index is 785. The molecule has 3 fully saturated rings. The highest BCUT2D eigenvalue weighted by Crippen LogP contribution is 2.51. The van der Waals surface area contributed by atoms with Crippen LogP contribution in [0.5, 0.6) is 0 Å². The van der Waals surface area contributed by atoms with Gasteiger partial charge in [0.15, 0.2) is 5.69 Å². The van der Waals surface area contributed by atoms with Crippen LogP contribution in [0.15, 0.2) is 36.5 Å². The number of hydrogen-bond donors (Lipinski definition) is 1. The Kier molecular flexibility index (Phi) is 3.23. The molecule has 0 unspecified atom stereocenters. The van der Waals surface area contributed by atoms with Crippen LogP contribution in [0.3, 0.4) is 0 Å². The van der Waals surface area contributed by atoms with Crippen molar-refractivity contribution in [2.75, 3.05) is 0 Å². The molecule has 126 valence electrons. The maximum absolute atomic E-state index is 13.1. The summed E-state index contributed by atoms with van der Waals surface area (Å²) in [6.07, 6.45) is 1.01. The van der Waals surface area contributed by atoms with E-state index in [0.29, 0.717) is 5.92 Å². The molecular formula is C17H16F3N3O. The third kappa shape index (κ3) is 2.48. The maximum Gasteiger partial charge on any atom is 0.418 e. The minimum atomic E-state index is -4.48. The normalized spacial score (nSPS) is 25.4. The fourth-order valence-electron chi connectivity index (χ4n) is 3.90. The number of hydrogen-bond acceptors (Lipinski definition) is 2. The lowest BCUT2D eigenvalue weighted by Gasteiger charge is -2.38. The molecule has 24 heavy (non-hydrogen) atoms. The van der Waals surface area contributed by atoms with E-state index in [4.69, 9.17) is 0 Å². The number of alkyl halides is 3. The SMILES string of the molecule is O=C(NC12CCC(C1)C2)c1ccn(-c2ccccc2C(F)(F)F)n1. The summed E-state index contributed by atoms with van der Waals surface area (Å²) in [5.41, 5.74) is -0.852. The van der Waals surface area contributed by atoms with E-state index in [1.807, 2.05) is 0 Å². The van der Waals surface area contributed by atoms with Gasteiger partial charge in [-0.25, -0.2) is 4.68 Å². The Morgan fingerprint density at radius 3 is 2.67 bits per heavy atom. The lowest BCUT2D eigenvalue weighted by Crippen LogP contribution is -2.51. The van der Waals surface area contributed by atoms with Crippen molar-refractivity contribution in [1.29, 1.82) is 0 Å². The zero-order valence-corrected chi connectivity index (χ0v) is 12.8. The summed E-state index contributed by atoms with van der Waals surface area (Å²) >= 11 is 0. The number of carbonyl (C=O) groups excluding carboxylic acids is 1. The second kappa shape index (κ2) is 5.09. The first-order valence-electron chi connectivity index (χ1n) is 7.91. The van der Waals surface area contributed by atoms with E-state index in [2.05, 4.69) is 10.4 Å². The van der Waals surface area contributed by atoms with E-state index >= 15 is 0 Å². The lowest BCUT2D eigenvalue weighted by molar-refractivity contribution is -0.137. The zero-order chi connectivity index (χ0) is 16.9. The van der Waals surface area contributed by atoms with Crippen LogP contribution in [0, 0.1) is 5.92 Å². The first-order valence-corrected chi connectivity index (χ1v) is 7.91. The predicted octanol–water partition coefficient (Wildman–Crippen LogP) is 3.56. The number of halogens is 3. The Morgan fingerprint density at radius 1 is 1.25 bits per heavy atom. The summed E-state index contributed by atoms with van der Waals surface area (Å²) in [6, 6.07) is 6.63. The topological polar surface area (TPSA) is 46.9 Å². The van der Waals surface area contributed by atoms with Crippen LogP contribution < -0.4 is 5.32 Å². The summed E-state index contributed by atoms with van der Waals surface area (Å²) < 4.78 is 40.4. The molecule has 3 aliphatic carbocycles. The number of nitrogens with zero attached hydrogens (tertiary/aromatic N) is 2. The average molecular weight is 335 g/mol. The van der Waals surface area contributed by atoms with Crippen molar-refractivity contribution in [1.82, 2.24) is 15.1 Å². The monoisotopic (exact) mass is 335 g/mol. The van der Waals surface area contributed by atoms with Crippen molar-refractivity contribution in [3.63, 3.8) is 0 Å². The number of amides is 1. The van der Waals surface area contributed by atoms with Crippen molar-refractivity contribution in [2.45, 2.75) is 37.4 Å². The molecule has 0 atom stereocenters. The predicted molar refractivity (Wildman–Crippen MR) is 80.7 cm³/mol. The molecule has 1 aromatic carbocycles. The van der Waals surface area contributed by atoms with Gasteiger partial charge in [-0.2, -0.15) is 18.3 Å². The minimum Gasteiger partial charge on any atom is -0.345 e. The van der Waals surface area contributed by atoms with Gasteiger partial charge < -0.3 is 5.32 Å². The summed E-state index contributed by atoms with van der Waals surface area (Å²) in [5, 5.41) is 7.06. The first kappa shape index (κ1) is 15.2. The van der Waals surface area contributed by atoms with Gasteiger partial charge in [0.05, 0.1) is 11.3 Å². The molecule has 0 spiro atoms. The third-order valence-electron chi connectivity index (χ3n) is 5.05. The van der Waals surface area contributed by atoms with E-state index in [1.165, 1.54) is 30.5 Å². The number of para-hydroxylation sites is 1. The number of aromatic nitrogens is 2. The Hall–Kier alpha value is -2.31. The number of rotatable bonds is 3. The second-order valence-corrected chi connectivity index (χ2v) is 6.71. The van der Waals surface area contributed by atoms with Crippen molar-refractivity contribution in [3.05, 3.63) is 47.8 Å². The molecule has 1 heterocycles. The molecule has 1 N–H and O–H groups in total. The van der Waals surface area contributed by atoms with Crippen LogP contribution in [-0.4, -0.2) is 21.2 Å². The molecule has 2 bridgehead atoms. The van der Waals surface area contributed by atoms with Gasteiger partial charge in [-0.15, -0.1) is 0 Å². The highest BCUT2D eigenvalue weighted by molar-refractivity contribution is 5.93. The molecule has 7 heteroatoms. The van der Waals surface area contributed by atoms with Crippen LogP contribution >= 0.6 is 0 Å². The molecule has 2 aromatic rings. The van der Waals surface area contributed by atoms with Crippen molar-refractivity contribution >= 4 is 5.91 Å². The number of fused-ring (bicyclic) bond motifs is 1. The molecule has 0 saturated heterocycles. The van der Waals surface area contributed by atoms with Crippen molar-refractivity contribution in [2.24, 2.45) is 5.92 Å². The van der Waals surface area contributed by atoms with E-state index in [1.54, 1.807) is 0 Å². The lowest BCUT2D eigenvalue weighted by atomic mass is 9.77. The molecule has 0 aliphatic heterocycles. The quantitative estimate of drug-likeness (QED) is 0.932. The second-order valence-electron chi connectivity index (χ2n) is 6.71. The molecular weight excluding hydrogens is 319 g/mol. The minimum absolute atomic E-state index is 0.0909. The number of benzene rings is 1. The third-order valence-corrected chi connectivity index (χ3v) is 5.05. The summed E-state index contributed by atoms with van der Waals surface area (Å²) in [6.45, 7) is 0. The van der Waals surface area contributed by atoms with Gasteiger partial charge in [-0.1, -0.05) is 12.1 Å². The molecule has 3 aliphatic rings. The molecule has 4 nitrogen and oxygen atoms in total. The molecule has 5 rings (SSSR count). The van der Waals surface area contributed by atoms with Gasteiger partial charge in [0.25, 0.3) is 5.91 Å². The smallest absolute Gasteiger partial charge is 0.345 e. The first-order chi connectivity index (χ1) is 11.4. The Morgan fingerprint density at radius 2 is 2.00 bits per heavy atom. The van der Waals surface area contributed by atoms with Gasteiger partial charge in [-0.05, 0) is 49.8 Å². The van der Waals surface area contributed by atoms with Gasteiger partial charge in [0.2, 0.25) is 0 Å². The van der Waals surface area contributed by atoms with Gasteiger partial charge >= 0.3 is 6.18 Å². The number of nitrogens with one attached hydrogen (secondary N) is 1. The summed E-state index contributed by atoms with van der Waals surface area (Å²) in [5.74, 6) is 0.389. The largest absolute Gasteiger partial charge is 0.418 e. The summed E-state index contributed by atoms with van der Waals surface area (Å²) in [7, 11) is 0. The van der Waals surface area contributed by atoms with Crippen molar-refractivity contribution in [3.8, 4) is 5.69 Å². The maximum atomic E-state index is 13.1. The van der Waals surface area contributed by atoms with Gasteiger partial charge in [0.1, 0.15) is 0 Å². The fourth-order valence-corrected chi connectivity index (χ4v) is 3.90. The molecule has 3 saturated carbocycles. The van der Waals surface area contributed by atoms with Crippen LogP contribution in [0.1, 0.15) is 41.7 Å². The van der Waals surface area contributed by atoms with Crippen LogP contribution in [0.4, 0.5) is 13.2 Å². The van der Waals surface area contributed by atoms with E-state index in [-0.39, 0.29) is 22.8 Å². The fraction of sp³-hybridized carbons (Fsp3) is 0.412. The van der Waals surface area contributed by atoms with Crippen LogP contribution in [0.2, 0.25) is 0 Å². The van der Waals surface area contributed by atoms with E-state index < -0.39 is 11.7 Å². The molecule has 1 amide bonds. The van der Waals surface area contributed by atoms with E-state index in [0.717, 1.165) is 36.4 Å². The zero-order valence-electron chi connectivity index (χ0n) is 12.8. The van der Waals surface area contributed by atoms with Gasteiger partial charge in [-0.3, -0.25) is 4.79 Å². The van der Waals surface area contributed by atoms with Crippen LogP contribution in [-0.2, 0) is 6.18 Å². The van der Waals surface area contributed by atoms with Crippen LogP contribution in [0.25, 0.3) is 5.69 Å². The Balaban J connectivity index is 1.58. The molecule has 1 aromatic heterocycles. The molecule has 0 radical (unpaired) electrons. The van der Waals surface area contributed by atoms with Crippen molar-refractivity contribution < 1.29 is 18.0 Å². The summed E-state index contributed by atoms with van der Waals surface area (Å²) in [4.78, 5) is 12.3.